The third kappa shape index (κ3) is 3.94. The summed E-state index contributed by atoms with van der Waals surface area (Å²) in [5.41, 5.74) is 3.41. The highest BCUT2D eigenvalue weighted by molar-refractivity contribution is 5.92. The van der Waals surface area contributed by atoms with E-state index in [0.29, 0.717) is 17.8 Å². The number of hydrogen-bond acceptors (Lipinski definition) is 3. The number of rotatable bonds is 5. The molecule has 2 aromatic carbocycles. The molecule has 0 spiro atoms. The van der Waals surface area contributed by atoms with Gasteiger partial charge in [0, 0.05) is 43.0 Å². The van der Waals surface area contributed by atoms with Crippen molar-refractivity contribution in [3.63, 3.8) is 0 Å². The molecule has 0 saturated heterocycles. The van der Waals surface area contributed by atoms with Crippen LogP contribution in [0.25, 0.3) is 22.0 Å². The van der Waals surface area contributed by atoms with Crippen LogP contribution in [0, 0.1) is 5.82 Å². The third-order valence-corrected chi connectivity index (χ3v) is 5.11. The van der Waals surface area contributed by atoms with Gasteiger partial charge in [-0.05, 0) is 55.3 Å². The molecule has 4 rings (SSSR count). The first-order chi connectivity index (χ1) is 14.4. The molecule has 0 aliphatic carbocycles. The summed E-state index contributed by atoms with van der Waals surface area (Å²) in [5.74, 6) is -0.442. The van der Waals surface area contributed by atoms with Crippen LogP contribution in [0.15, 0.2) is 67.3 Å². The predicted octanol–water partition coefficient (Wildman–Crippen LogP) is 4.83. The number of carbonyl (C=O) groups excluding carboxylic acids is 1. The summed E-state index contributed by atoms with van der Waals surface area (Å²) in [4.78, 5) is 23.2. The largest absolute Gasteiger partial charge is 0.340 e. The number of nitrogens with zero attached hydrogens (tertiary/aromatic N) is 4. The Balaban J connectivity index is 1.66. The second-order valence-electron chi connectivity index (χ2n) is 7.68. The topological polar surface area (TPSA) is 51.0 Å². The van der Waals surface area contributed by atoms with Crippen LogP contribution in [0.5, 0.6) is 0 Å². The van der Waals surface area contributed by atoms with E-state index in [2.05, 4.69) is 9.97 Å². The minimum Gasteiger partial charge on any atom is -0.340 e. The zero-order valence-corrected chi connectivity index (χ0v) is 17.2. The molecule has 0 saturated carbocycles. The van der Waals surface area contributed by atoms with E-state index in [1.54, 1.807) is 34.3 Å². The van der Waals surface area contributed by atoms with E-state index >= 15 is 0 Å². The summed E-state index contributed by atoms with van der Waals surface area (Å²) in [6.07, 6.45) is 5.05. The van der Waals surface area contributed by atoms with Crippen molar-refractivity contribution < 1.29 is 9.18 Å². The molecule has 1 amide bonds. The standard InChI is InChI=1S/C24H23FN4O/c1-16(2)29(24(30)23-14-28(3)15-27-23)13-17-6-8-21(25)20(11-17)18-7-9-22-19(12-18)5-4-10-26-22/h4-12,14-16H,13H2,1-3H3. The van der Waals surface area contributed by atoms with Crippen LogP contribution in [0.1, 0.15) is 29.9 Å². The van der Waals surface area contributed by atoms with Crippen LogP contribution in [0.4, 0.5) is 4.39 Å². The minimum atomic E-state index is -0.297. The molecule has 0 atom stereocenters. The number of fused-ring (bicyclic) bond motifs is 1. The average molecular weight is 402 g/mol. The number of hydrogen-bond donors (Lipinski definition) is 0. The first kappa shape index (κ1) is 19.8. The second-order valence-corrected chi connectivity index (χ2v) is 7.68. The molecule has 152 valence electrons. The van der Waals surface area contributed by atoms with Crippen LogP contribution < -0.4 is 0 Å². The second kappa shape index (κ2) is 8.06. The lowest BCUT2D eigenvalue weighted by molar-refractivity contribution is 0.0684. The molecule has 0 unspecified atom stereocenters. The molecule has 5 nitrogen and oxygen atoms in total. The van der Waals surface area contributed by atoms with Gasteiger partial charge in [-0.2, -0.15) is 0 Å². The molecule has 0 radical (unpaired) electrons. The van der Waals surface area contributed by atoms with E-state index in [4.69, 9.17) is 0 Å². The Hall–Kier alpha value is -3.54. The number of aromatic nitrogens is 3. The van der Waals surface area contributed by atoms with E-state index in [0.717, 1.165) is 22.0 Å². The smallest absolute Gasteiger partial charge is 0.274 e. The molecule has 2 aromatic heterocycles. The van der Waals surface area contributed by atoms with Gasteiger partial charge in [-0.3, -0.25) is 9.78 Å². The monoisotopic (exact) mass is 402 g/mol. The zero-order valence-electron chi connectivity index (χ0n) is 17.2. The molecule has 0 bridgehead atoms. The maximum absolute atomic E-state index is 14.7. The summed E-state index contributed by atoms with van der Waals surface area (Å²) >= 11 is 0. The number of aryl methyl sites for hydroxylation is 1. The summed E-state index contributed by atoms with van der Waals surface area (Å²) in [7, 11) is 1.83. The van der Waals surface area contributed by atoms with Crippen molar-refractivity contribution in [1.29, 1.82) is 0 Å². The van der Waals surface area contributed by atoms with Gasteiger partial charge in [-0.15, -0.1) is 0 Å². The van der Waals surface area contributed by atoms with Gasteiger partial charge in [0.1, 0.15) is 11.5 Å². The average Bonchev–Trinajstić information content (AvgIpc) is 3.18. The highest BCUT2D eigenvalue weighted by atomic mass is 19.1. The van der Waals surface area contributed by atoms with Crippen LogP contribution in [-0.4, -0.2) is 31.4 Å². The van der Waals surface area contributed by atoms with Crippen LogP contribution >= 0.6 is 0 Å². The fourth-order valence-electron chi connectivity index (χ4n) is 3.49. The highest BCUT2D eigenvalue weighted by Crippen LogP contribution is 2.28. The highest BCUT2D eigenvalue weighted by Gasteiger charge is 2.21. The molecule has 30 heavy (non-hydrogen) atoms. The van der Waals surface area contributed by atoms with E-state index in [-0.39, 0.29) is 17.8 Å². The third-order valence-electron chi connectivity index (χ3n) is 5.11. The maximum atomic E-state index is 14.7. The number of amides is 1. The van der Waals surface area contributed by atoms with Crippen molar-refractivity contribution in [2.24, 2.45) is 7.05 Å². The lowest BCUT2D eigenvalue weighted by Gasteiger charge is -2.26. The van der Waals surface area contributed by atoms with Crippen LogP contribution in [0.2, 0.25) is 0 Å². The maximum Gasteiger partial charge on any atom is 0.274 e. The Labute approximate surface area is 174 Å². The predicted molar refractivity (Wildman–Crippen MR) is 115 cm³/mol. The summed E-state index contributed by atoms with van der Waals surface area (Å²) in [6, 6.07) is 14.5. The lowest BCUT2D eigenvalue weighted by Crippen LogP contribution is -2.36. The van der Waals surface area contributed by atoms with E-state index < -0.39 is 0 Å². The summed E-state index contributed by atoms with van der Waals surface area (Å²) in [5, 5.41) is 0.953. The van der Waals surface area contributed by atoms with Gasteiger partial charge in [-0.25, -0.2) is 9.37 Å². The molecule has 2 heterocycles. The molecular weight excluding hydrogens is 379 g/mol. The minimum absolute atomic E-state index is 0.0280. The van der Waals surface area contributed by atoms with Gasteiger partial charge in [0.2, 0.25) is 0 Å². The van der Waals surface area contributed by atoms with Crippen molar-refractivity contribution in [3.8, 4) is 11.1 Å². The molecule has 0 aliphatic heterocycles. The SMILES string of the molecule is CC(C)N(Cc1ccc(F)c(-c2ccc3ncccc3c2)c1)C(=O)c1cn(C)cn1. The molecular formula is C24H23FN4O. The van der Waals surface area contributed by atoms with Gasteiger partial charge < -0.3 is 9.47 Å². The number of pyridine rings is 1. The quantitative estimate of drug-likeness (QED) is 0.481. The Morgan fingerprint density at radius 1 is 1.13 bits per heavy atom. The van der Waals surface area contributed by atoms with Crippen molar-refractivity contribution in [1.82, 2.24) is 19.4 Å². The molecule has 0 fully saturated rings. The Kier molecular flexibility index (Phi) is 5.31. The van der Waals surface area contributed by atoms with Gasteiger partial charge in [-0.1, -0.05) is 18.2 Å². The van der Waals surface area contributed by atoms with Crippen molar-refractivity contribution in [2.75, 3.05) is 0 Å². The van der Waals surface area contributed by atoms with E-state index in [9.17, 15) is 9.18 Å². The first-order valence-corrected chi connectivity index (χ1v) is 9.85. The molecule has 0 aliphatic rings. The van der Waals surface area contributed by atoms with Gasteiger partial charge >= 0.3 is 0 Å². The van der Waals surface area contributed by atoms with Crippen LogP contribution in [-0.2, 0) is 13.6 Å². The number of benzene rings is 2. The fourth-order valence-corrected chi connectivity index (χ4v) is 3.49. The molecule has 0 N–H and O–H groups in total. The Bertz CT molecular complexity index is 1210. The van der Waals surface area contributed by atoms with Crippen molar-refractivity contribution >= 4 is 16.8 Å². The zero-order chi connectivity index (χ0) is 21.3. The van der Waals surface area contributed by atoms with E-state index in [1.165, 1.54) is 6.07 Å². The molecule has 6 heteroatoms. The fraction of sp³-hybridized carbons (Fsp3) is 0.208. The van der Waals surface area contributed by atoms with Crippen molar-refractivity contribution in [3.05, 3.63) is 84.3 Å². The first-order valence-electron chi connectivity index (χ1n) is 9.85. The van der Waals surface area contributed by atoms with Crippen LogP contribution in [0.3, 0.4) is 0 Å². The summed E-state index contributed by atoms with van der Waals surface area (Å²) < 4.78 is 16.4. The Morgan fingerprint density at radius 3 is 2.70 bits per heavy atom. The van der Waals surface area contributed by atoms with E-state index in [1.807, 2.05) is 57.3 Å². The van der Waals surface area contributed by atoms with Gasteiger partial charge in [0.25, 0.3) is 5.91 Å². The number of halogens is 1. The molecule has 4 aromatic rings. The lowest BCUT2D eigenvalue weighted by atomic mass is 10.00. The summed E-state index contributed by atoms with van der Waals surface area (Å²) in [6.45, 7) is 4.29. The van der Waals surface area contributed by atoms with Gasteiger partial charge in [0.05, 0.1) is 11.8 Å². The normalized spacial score (nSPS) is 11.2. The van der Waals surface area contributed by atoms with Crippen molar-refractivity contribution in [2.45, 2.75) is 26.4 Å². The number of imidazole rings is 1. The Morgan fingerprint density at radius 2 is 1.97 bits per heavy atom. The van der Waals surface area contributed by atoms with Gasteiger partial charge in [0.15, 0.2) is 0 Å². The number of carbonyl (C=O) groups is 1.